The lowest BCUT2D eigenvalue weighted by atomic mass is 10.2. The Balaban J connectivity index is 2.06. The van der Waals surface area contributed by atoms with Crippen LogP contribution in [-0.2, 0) is 0 Å². The van der Waals surface area contributed by atoms with Crippen molar-refractivity contribution in [1.29, 1.82) is 0 Å². The number of halogens is 2. The number of hydrogen-bond acceptors (Lipinski definition) is 3. The first-order valence-electron chi connectivity index (χ1n) is 7.14. The van der Waals surface area contributed by atoms with Gasteiger partial charge in [-0.2, -0.15) is 0 Å². The van der Waals surface area contributed by atoms with Crippen molar-refractivity contribution in [2.45, 2.75) is 0 Å². The van der Waals surface area contributed by atoms with Crippen molar-refractivity contribution in [3.63, 3.8) is 0 Å². The summed E-state index contributed by atoms with van der Waals surface area (Å²) in [6.07, 6.45) is 1.03. The van der Waals surface area contributed by atoms with Gasteiger partial charge in [0.25, 0.3) is 11.5 Å². The zero-order chi connectivity index (χ0) is 18.0. The number of aromatic amines is 1. The zero-order valence-corrected chi connectivity index (χ0v) is 13.4. The Hall–Kier alpha value is -3.19. The Labute approximate surface area is 145 Å². The molecule has 0 aliphatic carbocycles. The van der Waals surface area contributed by atoms with Crippen molar-refractivity contribution < 1.29 is 9.18 Å². The molecule has 1 aromatic heterocycles. The minimum atomic E-state index is -0.847. The highest BCUT2D eigenvalue weighted by molar-refractivity contribution is 6.30. The van der Waals surface area contributed by atoms with Gasteiger partial charge in [0.15, 0.2) is 0 Å². The molecule has 0 aliphatic heterocycles. The van der Waals surface area contributed by atoms with Crippen LogP contribution < -0.4 is 16.6 Å². The van der Waals surface area contributed by atoms with Gasteiger partial charge in [0.05, 0.1) is 10.7 Å². The van der Waals surface area contributed by atoms with E-state index in [2.05, 4.69) is 10.3 Å². The number of nitrogens with zero attached hydrogens (tertiary/aromatic N) is 1. The number of carbonyl (C=O) groups excluding carboxylic acids is 1. The van der Waals surface area contributed by atoms with E-state index in [0.717, 1.165) is 18.3 Å². The second kappa shape index (κ2) is 6.74. The topological polar surface area (TPSA) is 84.0 Å². The minimum absolute atomic E-state index is 0.0482. The molecule has 0 spiro atoms. The van der Waals surface area contributed by atoms with Crippen LogP contribution in [0.3, 0.4) is 0 Å². The van der Waals surface area contributed by atoms with Crippen molar-refractivity contribution in [2.75, 3.05) is 5.32 Å². The Morgan fingerprint density at radius 3 is 2.52 bits per heavy atom. The number of nitrogens with one attached hydrogen (secondary N) is 2. The van der Waals surface area contributed by atoms with E-state index in [9.17, 15) is 18.8 Å². The van der Waals surface area contributed by atoms with Crippen LogP contribution in [0, 0.1) is 5.82 Å². The van der Waals surface area contributed by atoms with E-state index in [1.807, 2.05) is 0 Å². The molecule has 126 valence electrons. The summed E-state index contributed by atoms with van der Waals surface area (Å²) >= 11 is 5.70. The molecule has 0 aliphatic rings. The Bertz CT molecular complexity index is 1060. The quantitative estimate of drug-likeness (QED) is 0.753. The summed E-state index contributed by atoms with van der Waals surface area (Å²) in [6.45, 7) is 0. The molecule has 3 rings (SSSR count). The third kappa shape index (κ3) is 3.36. The molecule has 8 heteroatoms. The summed E-state index contributed by atoms with van der Waals surface area (Å²) in [5, 5.41) is 2.31. The second-order valence-corrected chi connectivity index (χ2v) is 5.47. The number of benzene rings is 2. The molecule has 0 saturated heterocycles. The van der Waals surface area contributed by atoms with Crippen LogP contribution in [0.25, 0.3) is 5.69 Å². The molecule has 0 atom stereocenters. The van der Waals surface area contributed by atoms with Gasteiger partial charge in [-0.15, -0.1) is 0 Å². The predicted octanol–water partition coefficient (Wildman–Crippen LogP) is 2.57. The number of hydrogen-bond donors (Lipinski definition) is 2. The van der Waals surface area contributed by atoms with Gasteiger partial charge in [-0.3, -0.25) is 9.59 Å². The number of carbonyl (C=O) groups is 1. The minimum Gasteiger partial charge on any atom is -0.322 e. The van der Waals surface area contributed by atoms with Gasteiger partial charge in [-0.1, -0.05) is 29.8 Å². The van der Waals surface area contributed by atoms with Crippen molar-refractivity contribution in [3.8, 4) is 5.69 Å². The monoisotopic (exact) mass is 359 g/mol. The SMILES string of the molecule is O=C(Nc1ccccc1)c1c[nH]c(=O)n(-c2ccc(F)c(Cl)c2)c1=O. The van der Waals surface area contributed by atoms with Gasteiger partial charge in [0, 0.05) is 11.9 Å². The maximum Gasteiger partial charge on any atom is 0.333 e. The van der Waals surface area contributed by atoms with E-state index in [-0.39, 0.29) is 16.3 Å². The maximum atomic E-state index is 13.3. The average Bonchev–Trinajstić information content (AvgIpc) is 2.59. The van der Waals surface area contributed by atoms with Crippen LogP contribution >= 0.6 is 11.6 Å². The molecule has 2 N–H and O–H groups in total. The number of aromatic nitrogens is 2. The lowest BCUT2D eigenvalue weighted by molar-refractivity contribution is 0.102. The first kappa shape index (κ1) is 16.7. The number of para-hydroxylation sites is 1. The first-order chi connectivity index (χ1) is 12.0. The molecule has 1 heterocycles. The molecule has 0 saturated carbocycles. The molecule has 6 nitrogen and oxygen atoms in total. The molecular formula is C17H11ClFN3O3. The van der Waals surface area contributed by atoms with Crippen molar-refractivity contribution in [3.05, 3.63) is 92.0 Å². The largest absolute Gasteiger partial charge is 0.333 e. The number of anilines is 1. The van der Waals surface area contributed by atoms with Crippen molar-refractivity contribution in [2.24, 2.45) is 0 Å². The smallest absolute Gasteiger partial charge is 0.322 e. The molecule has 0 unspecified atom stereocenters. The van der Waals surface area contributed by atoms with Gasteiger partial charge in [-0.05, 0) is 30.3 Å². The summed E-state index contributed by atoms with van der Waals surface area (Å²) < 4.78 is 14.0. The third-order valence-electron chi connectivity index (χ3n) is 3.41. The van der Waals surface area contributed by atoms with E-state index in [4.69, 9.17) is 11.6 Å². The third-order valence-corrected chi connectivity index (χ3v) is 3.70. The summed E-state index contributed by atoms with van der Waals surface area (Å²) in [5.41, 5.74) is -1.35. The molecular weight excluding hydrogens is 349 g/mol. The van der Waals surface area contributed by atoms with E-state index in [0.29, 0.717) is 10.3 Å². The highest BCUT2D eigenvalue weighted by Gasteiger charge is 2.16. The van der Waals surface area contributed by atoms with Gasteiger partial charge >= 0.3 is 5.69 Å². The van der Waals surface area contributed by atoms with Crippen LogP contribution in [-0.4, -0.2) is 15.5 Å². The molecule has 0 radical (unpaired) electrons. The Kier molecular flexibility index (Phi) is 4.49. The van der Waals surface area contributed by atoms with Gasteiger partial charge in [-0.25, -0.2) is 13.8 Å². The van der Waals surface area contributed by atoms with Crippen LogP contribution in [0.1, 0.15) is 10.4 Å². The van der Waals surface area contributed by atoms with E-state index in [1.165, 1.54) is 6.07 Å². The van der Waals surface area contributed by atoms with E-state index in [1.54, 1.807) is 30.3 Å². The summed E-state index contributed by atoms with van der Waals surface area (Å²) in [6, 6.07) is 11.9. The fourth-order valence-corrected chi connectivity index (χ4v) is 2.39. The lowest BCUT2D eigenvalue weighted by Crippen LogP contribution is -2.38. The molecule has 2 aromatic carbocycles. The van der Waals surface area contributed by atoms with Crippen LogP contribution in [0.15, 0.2) is 64.3 Å². The number of rotatable bonds is 3. The van der Waals surface area contributed by atoms with Crippen LogP contribution in [0.4, 0.5) is 10.1 Å². The fourth-order valence-electron chi connectivity index (χ4n) is 2.21. The van der Waals surface area contributed by atoms with Crippen molar-refractivity contribution in [1.82, 2.24) is 9.55 Å². The zero-order valence-electron chi connectivity index (χ0n) is 12.6. The van der Waals surface area contributed by atoms with Gasteiger partial charge < -0.3 is 10.3 Å². The highest BCUT2D eigenvalue weighted by atomic mass is 35.5. The van der Waals surface area contributed by atoms with E-state index < -0.39 is 23.0 Å². The van der Waals surface area contributed by atoms with Crippen LogP contribution in [0.5, 0.6) is 0 Å². The van der Waals surface area contributed by atoms with E-state index >= 15 is 0 Å². The normalized spacial score (nSPS) is 10.5. The summed E-state index contributed by atoms with van der Waals surface area (Å²) in [4.78, 5) is 39.2. The maximum absolute atomic E-state index is 13.3. The number of H-pyrrole nitrogens is 1. The average molecular weight is 360 g/mol. The molecule has 0 fully saturated rings. The number of amides is 1. The Morgan fingerprint density at radius 1 is 1.12 bits per heavy atom. The molecule has 3 aromatic rings. The molecule has 25 heavy (non-hydrogen) atoms. The fraction of sp³-hybridized carbons (Fsp3) is 0. The first-order valence-corrected chi connectivity index (χ1v) is 7.52. The highest BCUT2D eigenvalue weighted by Crippen LogP contribution is 2.17. The second-order valence-electron chi connectivity index (χ2n) is 5.07. The van der Waals surface area contributed by atoms with Crippen molar-refractivity contribution >= 4 is 23.2 Å². The lowest BCUT2D eigenvalue weighted by Gasteiger charge is -2.08. The van der Waals surface area contributed by atoms with Crippen LogP contribution in [0.2, 0.25) is 5.02 Å². The summed E-state index contributed by atoms with van der Waals surface area (Å²) in [7, 11) is 0. The predicted molar refractivity (Wildman–Crippen MR) is 92.0 cm³/mol. The van der Waals surface area contributed by atoms with Gasteiger partial charge in [0.2, 0.25) is 0 Å². The standard InChI is InChI=1S/C17H11ClFN3O3/c18-13-8-11(6-7-14(13)19)22-16(24)12(9-20-17(22)25)15(23)21-10-4-2-1-3-5-10/h1-9H,(H,20,25)(H,21,23). The molecule has 1 amide bonds. The van der Waals surface area contributed by atoms with Gasteiger partial charge in [0.1, 0.15) is 11.4 Å². The summed E-state index contributed by atoms with van der Waals surface area (Å²) in [5.74, 6) is -1.37. The Morgan fingerprint density at radius 2 is 1.84 bits per heavy atom. The molecule has 0 bridgehead atoms.